The number of likely N-dealkylation sites (tertiary alicyclic amines) is 1. The van der Waals surface area contributed by atoms with E-state index >= 15 is 0 Å². The lowest BCUT2D eigenvalue weighted by Gasteiger charge is -2.47. The number of carbonyl (C=O) groups excluding carboxylic acids is 2. The van der Waals surface area contributed by atoms with Crippen LogP contribution in [0.4, 0.5) is 0 Å². The van der Waals surface area contributed by atoms with Crippen LogP contribution in [0.2, 0.25) is 0 Å². The molecule has 1 heterocycles. The van der Waals surface area contributed by atoms with Crippen molar-refractivity contribution >= 4 is 11.8 Å². The number of aryl methyl sites for hydroxylation is 1. The van der Waals surface area contributed by atoms with Crippen LogP contribution in [0.15, 0.2) is 54.6 Å². The second-order valence-corrected chi connectivity index (χ2v) is 13.3. The fraction of sp³-hybridized carbons (Fsp3) is 0.588. The molecule has 0 bridgehead atoms. The summed E-state index contributed by atoms with van der Waals surface area (Å²) in [6.45, 7) is 10.0. The first-order valence-corrected chi connectivity index (χ1v) is 15.4. The van der Waals surface area contributed by atoms with Gasteiger partial charge in [0.05, 0.1) is 24.7 Å². The van der Waals surface area contributed by atoms with Crippen molar-refractivity contribution in [2.45, 2.75) is 96.5 Å². The first-order chi connectivity index (χ1) is 19.6. The summed E-state index contributed by atoms with van der Waals surface area (Å²) in [5, 5.41) is 21.1. The highest BCUT2D eigenvalue weighted by atomic mass is 16.3. The zero-order valence-corrected chi connectivity index (χ0v) is 25.4. The lowest BCUT2D eigenvalue weighted by Crippen LogP contribution is -2.60. The van der Waals surface area contributed by atoms with Crippen molar-refractivity contribution in [2.24, 2.45) is 11.8 Å². The van der Waals surface area contributed by atoms with E-state index in [1.807, 2.05) is 51.1 Å². The molecule has 41 heavy (non-hydrogen) atoms. The van der Waals surface area contributed by atoms with E-state index in [-0.39, 0.29) is 29.9 Å². The van der Waals surface area contributed by atoms with Gasteiger partial charge in [-0.15, -0.1) is 0 Å². The number of piperidine rings is 1. The SMILES string of the molecule is Cc1ccc(CNCC(=O)NC(Cc2ccccc2)C(O)CN2CC3CCCCC3CC2C(=O)NC(C)(C)C)cc1. The molecular formula is C34H50N4O3. The largest absolute Gasteiger partial charge is 0.390 e. The summed E-state index contributed by atoms with van der Waals surface area (Å²) in [5.74, 6) is 1.01. The molecule has 1 saturated carbocycles. The van der Waals surface area contributed by atoms with Gasteiger partial charge in [-0.3, -0.25) is 14.5 Å². The van der Waals surface area contributed by atoms with Crippen LogP contribution in [-0.2, 0) is 22.6 Å². The lowest BCUT2D eigenvalue weighted by atomic mass is 9.72. The summed E-state index contributed by atoms with van der Waals surface area (Å²) in [5.41, 5.74) is 3.06. The number of aliphatic hydroxyl groups excluding tert-OH is 1. The summed E-state index contributed by atoms with van der Waals surface area (Å²) in [6.07, 6.45) is 5.37. The van der Waals surface area contributed by atoms with E-state index in [4.69, 9.17) is 0 Å². The van der Waals surface area contributed by atoms with Gasteiger partial charge in [-0.05, 0) is 69.9 Å². The van der Waals surface area contributed by atoms with Crippen LogP contribution in [0.25, 0.3) is 0 Å². The molecule has 2 aromatic carbocycles. The van der Waals surface area contributed by atoms with E-state index in [0.29, 0.717) is 31.3 Å². The Balaban J connectivity index is 1.43. The van der Waals surface area contributed by atoms with E-state index in [1.165, 1.54) is 31.2 Å². The maximum atomic E-state index is 13.5. The van der Waals surface area contributed by atoms with Crippen molar-refractivity contribution in [3.63, 3.8) is 0 Å². The molecule has 1 saturated heterocycles. The number of nitrogens with zero attached hydrogens (tertiary/aromatic N) is 1. The van der Waals surface area contributed by atoms with Crippen LogP contribution in [0.5, 0.6) is 0 Å². The van der Waals surface area contributed by atoms with Gasteiger partial charge in [0.2, 0.25) is 11.8 Å². The Morgan fingerprint density at radius 2 is 1.66 bits per heavy atom. The van der Waals surface area contributed by atoms with E-state index in [0.717, 1.165) is 24.1 Å². The van der Waals surface area contributed by atoms with Gasteiger partial charge in [-0.2, -0.15) is 0 Å². The molecule has 2 aliphatic rings. The number of hydrogen-bond donors (Lipinski definition) is 4. The average molecular weight is 563 g/mol. The molecule has 0 radical (unpaired) electrons. The van der Waals surface area contributed by atoms with E-state index in [1.54, 1.807) is 0 Å². The third-order valence-electron chi connectivity index (χ3n) is 8.57. The number of carbonyl (C=O) groups is 2. The van der Waals surface area contributed by atoms with Gasteiger partial charge in [-0.25, -0.2) is 0 Å². The molecule has 1 aliphatic carbocycles. The number of benzene rings is 2. The molecule has 7 heteroatoms. The number of β-amino-alcohol motifs (C(OH)–C–C–N with tert-alkyl or cyclic N) is 1. The fourth-order valence-electron chi connectivity index (χ4n) is 6.43. The summed E-state index contributed by atoms with van der Waals surface area (Å²) >= 11 is 0. The van der Waals surface area contributed by atoms with E-state index in [2.05, 4.69) is 52.0 Å². The molecule has 0 spiro atoms. The van der Waals surface area contributed by atoms with Gasteiger partial charge in [-0.1, -0.05) is 79.4 Å². The van der Waals surface area contributed by atoms with Crippen molar-refractivity contribution in [1.29, 1.82) is 0 Å². The Morgan fingerprint density at radius 3 is 2.34 bits per heavy atom. The van der Waals surface area contributed by atoms with Crippen molar-refractivity contribution in [2.75, 3.05) is 19.6 Å². The Hall–Kier alpha value is -2.74. The Kier molecular flexibility index (Phi) is 11.0. The number of nitrogens with one attached hydrogen (secondary N) is 3. The quantitative estimate of drug-likeness (QED) is 0.333. The van der Waals surface area contributed by atoms with Crippen molar-refractivity contribution < 1.29 is 14.7 Å². The van der Waals surface area contributed by atoms with Crippen molar-refractivity contribution in [3.05, 3.63) is 71.3 Å². The first kappa shape index (κ1) is 31.2. The van der Waals surface area contributed by atoms with Gasteiger partial charge < -0.3 is 21.1 Å². The van der Waals surface area contributed by atoms with Gasteiger partial charge >= 0.3 is 0 Å². The van der Waals surface area contributed by atoms with Crippen LogP contribution in [0, 0.1) is 18.8 Å². The third-order valence-corrected chi connectivity index (χ3v) is 8.57. The maximum absolute atomic E-state index is 13.5. The van der Waals surface area contributed by atoms with Crippen LogP contribution in [0.1, 0.15) is 69.6 Å². The minimum Gasteiger partial charge on any atom is -0.390 e. The molecule has 5 unspecified atom stereocenters. The van der Waals surface area contributed by atoms with Crippen LogP contribution in [0.3, 0.4) is 0 Å². The van der Waals surface area contributed by atoms with Gasteiger partial charge in [0.1, 0.15) is 0 Å². The van der Waals surface area contributed by atoms with Crippen LogP contribution >= 0.6 is 0 Å². The molecule has 5 atom stereocenters. The molecule has 2 amide bonds. The van der Waals surface area contributed by atoms with E-state index in [9.17, 15) is 14.7 Å². The molecule has 0 aromatic heterocycles. The number of hydrogen-bond acceptors (Lipinski definition) is 5. The molecule has 2 aromatic rings. The van der Waals surface area contributed by atoms with Gasteiger partial charge in [0.25, 0.3) is 0 Å². The van der Waals surface area contributed by atoms with Crippen molar-refractivity contribution in [1.82, 2.24) is 20.9 Å². The van der Waals surface area contributed by atoms with Crippen molar-refractivity contribution in [3.8, 4) is 0 Å². The fourth-order valence-corrected chi connectivity index (χ4v) is 6.43. The summed E-state index contributed by atoms with van der Waals surface area (Å²) in [7, 11) is 0. The van der Waals surface area contributed by atoms with Crippen LogP contribution in [-0.4, -0.2) is 65.2 Å². The summed E-state index contributed by atoms with van der Waals surface area (Å²) in [4.78, 5) is 28.7. The van der Waals surface area contributed by atoms with Gasteiger partial charge in [0, 0.05) is 25.2 Å². The highest BCUT2D eigenvalue weighted by molar-refractivity contribution is 5.82. The Bertz CT molecular complexity index is 1120. The monoisotopic (exact) mass is 562 g/mol. The Morgan fingerprint density at radius 1 is 0.976 bits per heavy atom. The smallest absolute Gasteiger partial charge is 0.237 e. The highest BCUT2D eigenvalue weighted by Gasteiger charge is 2.41. The lowest BCUT2D eigenvalue weighted by molar-refractivity contribution is -0.133. The standard InChI is InChI=1S/C34H50N4O3/c1-24-14-16-26(17-15-24)20-35-21-32(40)36-29(18-25-10-6-5-7-11-25)31(39)23-38-22-28-13-9-8-12-27(28)19-30(38)33(41)37-34(2,3)4/h5-7,10-11,14-17,27-31,35,39H,8-9,12-13,18-23H2,1-4H3,(H,36,40)(H,37,41). The van der Waals surface area contributed by atoms with Crippen LogP contribution < -0.4 is 16.0 Å². The second-order valence-electron chi connectivity index (χ2n) is 13.3. The summed E-state index contributed by atoms with van der Waals surface area (Å²) in [6, 6.07) is 17.5. The molecular weight excluding hydrogens is 512 g/mol. The minimum absolute atomic E-state index is 0.0395. The molecule has 7 nitrogen and oxygen atoms in total. The number of fused-ring (bicyclic) bond motifs is 1. The molecule has 1 aliphatic heterocycles. The predicted octanol–water partition coefficient (Wildman–Crippen LogP) is 3.97. The third kappa shape index (κ3) is 9.66. The normalized spacial score (nSPS) is 22.8. The molecule has 224 valence electrons. The summed E-state index contributed by atoms with van der Waals surface area (Å²) < 4.78 is 0. The number of aliphatic hydroxyl groups is 1. The highest BCUT2D eigenvalue weighted by Crippen LogP contribution is 2.39. The molecule has 2 fully saturated rings. The molecule has 4 rings (SSSR count). The zero-order valence-electron chi connectivity index (χ0n) is 25.4. The maximum Gasteiger partial charge on any atom is 0.237 e. The topological polar surface area (TPSA) is 93.7 Å². The second kappa shape index (κ2) is 14.4. The predicted molar refractivity (Wildman–Crippen MR) is 164 cm³/mol. The number of rotatable bonds is 11. The number of amides is 2. The average Bonchev–Trinajstić information content (AvgIpc) is 2.93. The molecule has 4 N–H and O–H groups in total. The first-order valence-electron chi connectivity index (χ1n) is 15.4. The Labute approximate surface area is 246 Å². The zero-order chi connectivity index (χ0) is 29.4. The van der Waals surface area contributed by atoms with Gasteiger partial charge in [0.15, 0.2) is 0 Å². The van der Waals surface area contributed by atoms with E-state index < -0.39 is 12.1 Å². The minimum atomic E-state index is -0.818.